The van der Waals surface area contributed by atoms with Gasteiger partial charge < -0.3 is 0 Å². The van der Waals surface area contributed by atoms with Crippen molar-refractivity contribution in [3.05, 3.63) is 169 Å². The first-order valence-corrected chi connectivity index (χ1v) is 16.6. The summed E-state index contributed by atoms with van der Waals surface area (Å²) in [5, 5.41) is 2.61. The highest BCUT2D eigenvalue weighted by Crippen LogP contribution is 2.52. The Kier molecular flexibility index (Phi) is 6.77. The first-order valence-electron chi connectivity index (χ1n) is 16.6. The summed E-state index contributed by atoms with van der Waals surface area (Å²) in [5.74, 6) is 1.84. The molecule has 0 radical (unpaired) electrons. The first kappa shape index (κ1) is 28.9. The smallest absolute Gasteiger partial charge is 0.165 e. The number of hydrogen-bond acceptors (Lipinski definition) is 4. The van der Waals surface area contributed by atoms with Crippen LogP contribution in [-0.2, 0) is 5.41 Å². The van der Waals surface area contributed by atoms with Crippen molar-refractivity contribution in [1.82, 2.24) is 19.9 Å². The van der Waals surface area contributed by atoms with Crippen molar-refractivity contribution in [2.45, 2.75) is 19.3 Å². The SMILES string of the molecule is CC1(C)c2cc(-c3cccc(-c4nc(-c5ccc(-c6ccccc6)cc5)nc(-c5cccnc5)n4)c3)ccc2-c2ccc3ccccc3c21. The average molecular weight is 629 g/mol. The molecule has 0 aliphatic heterocycles. The predicted molar refractivity (Wildman–Crippen MR) is 200 cm³/mol. The van der Waals surface area contributed by atoms with Crippen molar-refractivity contribution in [2.24, 2.45) is 0 Å². The molecule has 4 heteroatoms. The number of rotatable bonds is 5. The van der Waals surface area contributed by atoms with E-state index in [2.05, 4.69) is 146 Å². The molecular weight excluding hydrogens is 597 g/mol. The van der Waals surface area contributed by atoms with Crippen molar-refractivity contribution < 1.29 is 0 Å². The van der Waals surface area contributed by atoms with Crippen LogP contribution >= 0.6 is 0 Å². The van der Waals surface area contributed by atoms with E-state index in [1.807, 2.05) is 18.2 Å². The van der Waals surface area contributed by atoms with Gasteiger partial charge in [0.25, 0.3) is 0 Å². The fourth-order valence-corrected chi connectivity index (χ4v) is 7.32. The molecule has 0 atom stereocenters. The van der Waals surface area contributed by atoms with E-state index in [1.54, 1.807) is 12.4 Å². The topological polar surface area (TPSA) is 51.6 Å². The van der Waals surface area contributed by atoms with Gasteiger partial charge in [0.2, 0.25) is 0 Å². The molecule has 8 aromatic rings. The normalized spacial score (nSPS) is 12.9. The third-order valence-corrected chi connectivity index (χ3v) is 9.80. The highest BCUT2D eigenvalue weighted by Gasteiger charge is 2.37. The van der Waals surface area contributed by atoms with Crippen LogP contribution < -0.4 is 0 Å². The molecule has 1 aliphatic carbocycles. The summed E-state index contributed by atoms with van der Waals surface area (Å²) in [7, 11) is 0. The highest BCUT2D eigenvalue weighted by molar-refractivity contribution is 5.98. The molecule has 0 saturated carbocycles. The molecule has 232 valence electrons. The molecule has 0 fully saturated rings. The van der Waals surface area contributed by atoms with Gasteiger partial charge in [-0.25, -0.2) is 15.0 Å². The zero-order chi connectivity index (χ0) is 33.0. The fraction of sp³-hybridized carbons (Fsp3) is 0.0667. The molecule has 1 aliphatic rings. The molecule has 49 heavy (non-hydrogen) atoms. The minimum Gasteiger partial charge on any atom is -0.264 e. The summed E-state index contributed by atoms with van der Waals surface area (Å²) in [4.78, 5) is 19.3. The van der Waals surface area contributed by atoms with Crippen molar-refractivity contribution in [2.75, 3.05) is 0 Å². The van der Waals surface area contributed by atoms with Crippen LogP contribution in [0.2, 0.25) is 0 Å². The number of aromatic nitrogens is 4. The van der Waals surface area contributed by atoms with Crippen LogP contribution in [0, 0.1) is 0 Å². The van der Waals surface area contributed by atoms with E-state index in [0.29, 0.717) is 17.5 Å². The monoisotopic (exact) mass is 628 g/mol. The summed E-state index contributed by atoms with van der Waals surface area (Å²) in [6.45, 7) is 4.70. The molecule has 0 bridgehead atoms. The molecule has 6 aromatic carbocycles. The van der Waals surface area contributed by atoms with Crippen LogP contribution in [-0.4, -0.2) is 19.9 Å². The summed E-state index contributed by atoms with van der Waals surface area (Å²) in [5.41, 5.74) is 12.6. The average Bonchev–Trinajstić information content (AvgIpc) is 3.41. The van der Waals surface area contributed by atoms with E-state index in [0.717, 1.165) is 27.8 Å². The summed E-state index contributed by atoms with van der Waals surface area (Å²) in [6, 6.07) is 51.4. The molecule has 2 heterocycles. The van der Waals surface area contributed by atoms with Crippen LogP contribution in [0.5, 0.6) is 0 Å². The number of fused-ring (bicyclic) bond motifs is 5. The standard InChI is InChI=1S/C45H32N4/c1-45(2)40-27-34(22-23-38(40)39-24-21-31-12-6-7-16-37(31)41(39)45)33-13-8-14-35(26-33)43-47-42(48-44(49-43)36-15-9-25-46-28-36)32-19-17-30(18-20-32)29-10-4-3-5-11-29/h3-28H,1-2H3. The van der Waals surface area contributed by atoms with Gasteiger partial charge >= 0.3 is 0 Å². The maximum Gasteiger partial charge on any atom is 0.165 e. The van der Waals surface area contributed by atoms with Crippen LogP contribution in [0.25, 0.3) is 78.3 Å². The molecular formula is C45H32N4. The van der Waals surface area contributed by atoms with Gasteiger partial charge in [-0.2, -0.15) is 0 Å². The van der Waals surface area contributed by atoms with Crippen molar-refractivity contribution in [1.29, 1.82) is 0 Å². The van der Waals surface area contributed by atoms with Crippen LogP contribution in [0.4, 0.5) is 0 Å². The second-order valence-corrected chi connectivity index (χ2v) is 13.2. The molecule has 9 rings (SSSR count). The van der Waals surface area contributed by atoms with Gasteiger partial charge in [-0.1, -0.05) is 135 Å². The lowest BCUT2D eigenvalue weighted by Crippen LogP contribution is -2.15. The Morgan fingerprint density at radius 1 is 0.429 bits per heavy atom. The molecule has 0 spiro atoms. The maximum absolute atomic E-state index is 5.03. The Morgan fingerprint density at radius 2 is 1.02 bits per heavy atom. The second-order valence-electron chi connectivity index (χ2n) is 13.2. The molecule has 0 unspecified atom stereocenters. The lowest BCUT2D eigenvalue weighted by atomic mass is 9.79. The Labute approximate surface area is 285 Å². The molecule has 0 N–H and O–H groups in total. The summed E-state index contributed by atoms with van der Waals surface area (Å²) >= 11 is 0. The van der Waals surface area contributed by atoms with Crippen LogP contribution in [0.3, 0.4) is 0 Å². The van der Waals surface area contributed by atoms with E-state index in [1.165, 1.54) is 44.2 Å². The Balaban J connectivity index is 1.12. The van der Waals surface area contributed by atoms with Crippen LogP contribution in [0.1, 0.15) is 25.0 Å². The minimum absolute atomic E-state index is 0.128. The molecule has 0 amide bonds. The van der Waals surface area contributed by atoms with Gasteiger partial charge in [0.15, 0.2) is 17.5 Å². The first-order chi connectivity index (χ1) is 24.0. The lowest BCUT2D eigenvalue weighted by molar-refractivity contribution is 0.666. The third kappa shape index (κ3) is 5.01. The van der Waals surface area contributed by atoms with E-state index in [4.69, 9.17) is 15.0 Å². The van der Waals surface area contributed by atoms with Crippen LogP contribution in [0.15, 0.2) is 158 Å². The summed E-state index contributed by atoms with van der Waals surface area (Å²) in [6.07, 6.45) is 3.56. The number of nitrogens with zero attached hydrogens (tertiary/aromatic N) is 4. The van der Waals surface area contributed by atoms with Crippen molar-refractivity contribution in [3.63, 3.8) is 0 Å². The highest BCUT2D eigenvalue weighted by atomic mass is 15.0. The number of pyridine rings is 1. The second kappa shape index (κ2) is 11.5. The number of benzene rings is 6. The van der Waals surface area contributed by atoms with E-state index in [-0.39, 0.29) is 5.41 Å². The number of hydrogen-bond donors (Lipinski definition) is 0. The Bertz CT molecular complexity index is 2500. The third-order valence-electron chi connectivity index (χ3n) is 9.80. The Hall–Kier alpha value is -6.26. The summed E-state index contributed by atoms with van der Waals surface area (Å²) < 4.78 is 0. The van der Waals surface area contributed by atoms with E-state index < -0.39 is 0 Å². The largest absolute Gasteiger partial charge is 0.264 e. The van der Waals surface area contributed by atoms with Gasteiger partial charge in [-0.05, 0) is 79.5 Å². The van der Waals surface area contributed by atoms with Gasteiger partial charge in [0.1, 0.15) is 0 Å². The Morgan fingerprint density at radius 3 is 1.82 bits per heavy atom. The molecule has 4 nitrogen and oxygen atoms in total. The zero-order valence-electron chi connectivity index (χ0n) is 27.3. The van der Waals surface area contributed by atoms with Gasteiger partial charge in [-0.15, -0.1) is 0 Å². The van der Waals surface area contributed by atoms with E-state index >= 15 is 0 Å². The predicted octanol–water partition coefficient (Wildman–Crippen LogP) is 11.1. The van der Waals surface area contributed by atoms with E-state index in [9.17, 15) is 0 Å². The van der Waals surface area contributed by atoms with Gasteiger partial charge in [0, 0.05) is 34.5 Å². The van der Waals surface area contributed by atoms with Crippen molar-refractivity contribution in [3.8, 4) is 67.5 Å². The molecule has 0 saturated heterocycles. The van der Waals surface area contributed by atoms with Crippen molar-refractivity contribution >= 4 is 10.8 Å². The lowest BCUT2D eigenvalue weighted by Gasteiger charge is -2.23. The van der Waals surface area contributed by atoms with Gasteiger partial charge in [0.05, 0.1) is 0 Å². The quantitative estimate of drug-likeness (QED) is 0.190. The zero-order valence-corrected chi connectivity index (χ0v) is 27.3. The molecule has 2 aromatic heterocycles. The maximum atomic E-state index is 5.03. The van der Waals surface area contributed by atoms with Gasteiger partial charge in [-0.3, -0.25) is 4.98 Å². The minimum atomic E-state index is -0.128. The fourth-order valence-electron chi connectivity index (χ4n) is 7.32.